The average Bonchev–Trinajstić information content (AvgIpc) is 2.27. The molecule has 0 radical (unpaired) electrons. The molecule has 17 heavy (non-hydrogen) atoms. The minimum Gasteiger partial charge on any atom is -0.478 e. The van der Waals surface area contributed by atoms with Gasteiger partial charge in [0.25, 0.3) is 0 Å². The van der Waals surface area contributed by atoms with Gasteiger partial charge in [0.05, 0.1) is 5.56 Å². The molecule has 4 heteroatoms. The number of benzene rings is 1. The number of rotatable bonds is 5. The van der Waals surface area contributed by atoms with Crippen LogP contribution in [0.25, 0.3) is 0 Å². The van der Waals surface area contributed by atoms with Gasteiger partial charge in [0.1, 0.15) is 0 Å². The number of aromatic carboxylic acids is 1. The third-order valence-corrected chi connectivity index (χ3v) is 3.36. The van der Waals surface area contributed by atoms with Crippen LogP contribution in [0, 0.1) is 0 Å². The van der Waals surface area contributed by atoms with Crippen LogP contribution in [0.4, 0.5) is 5.69 Å². The maximum Gasteiger partial charge on any atom is 0.335 e. The zero-order valence-corrected chi connectivity index (χ0v) is 12.0. The van der Waals surface area contributed by atoms with Crippen molar-refractivity contribution in [3.63, 3.8) is 0 Å². The van der Waals surface area contributed by atoms with Crippen molar-refractivity contribution in [2.45, 2.75) is 32.7 Å². The Labute approximate surface area is 111 Å². The fraction of sp³-hybridized carbons (Fsp3) is 0.462. The van der Waals surface area contributed by atoms with Gasteiger partial charge in [-0.2, -0.15) is 0 Å². The SMILES string of the molecule is CCCC(C)N(C)c1cc(Br)cc(C(=O)O)c1. The molecule has 0 aromatic heterocycles. The maximum absolute atomic E-state index is 11.0. The molecule has 0 saturated carbocycles. The average molecular weight is 300 g/mol. The van der Waals surface area contributed by atoms with E-state index in [1.807, 2.05) is 13.1 Å². The zero-order chi connectivity index (χ0) is 13.0. The van der Waals surface area contributed by atoms with Crippen LogP contribution < -0.4 is 4.90 Å². The highest BCUT2D eigenvalue weighted by Gasteiger charge is 2.12. The fourth-order valence-electron chi connectivity index (χ4n) is 1.77. The largest absolute Gasteiger partial charge is 0.478 e. The number of carboxylic acids is 1. The molecule has 0 spiro atoms. The van der Waals surface area contributed by atoms with Crippen LogP contribution in [0.1, 0.15) is 37.0 Å². The van der Waals surface area contributed by atoms with E-state index in [0.717, 1.165) is 23.0 Å². The lowest BCUT2D eigenvalue weighted by molar-refractivity contribution is 0.0697. The molecule has 1 unspecified atom stereocenters. The van der Waals surface area contributed by atoms with Crippen LogP contribution >= 0.6 is 15.9 Å². The van der Waals surface area contributed by atoms with Gasteiger partial charge in [-0.25, -0.2) is 4.79 Å². The summed E-state index contributed by atoms with van der Waals surface area (Å²) >= 11 is 3.35. The molecule has 0 saturated heterocycles. The van der Waals surface area contributed by atoms with Crippen LogP contribution in [-0.2, 0) is 0 Å². The van der Waals surface area contributed by atoms with Gasteiger partial charge < -0.3 is 10.0 Å². The summed E-state index contributed by atoms with van der Waals surface area (Å²) in [7, 11) is 1.99. The second-order valence-electron chi connectivity index (χ2n) is 4.25. The molecule has 1 aromatic rings. The van der Waals surface area contributed by atoms with E-state index in [9.17, 15) is 4.79 Å². The summed E-state index contributed by atoms with van der Waals surface area (Å²) in [5.41, 5.74) is 1.24. The molecule has 1 N–H and O–H groups in total. The van der Waals surface area contributed by atoms with Crippen LogP contribution in [-0.4, -0.2) is 24.2 Å². The quantitative estimate of drug-likeness (QED) is 0.900. The number of carbonyl (C=O) groups is 1. The Balaban J connectivity index is 3.01. The van der Waals surface area contributed by atoms with Gasteiger partial charge in [0, 0.05) is 23.2 Å². The van der Waals surface area contributed by atoms with Crippen molar-refractivity contribution in [3.05, 3.63) is 28.2 Å². The number of carboxylic acid groups (broad SMARTS) is 1. The van der Waals surface area contributed by atoms with Crippen molar-refractivity contribution in [1.82, 2.24) is 0 Å². The monoisotopic (exact) mass is 299 g/mol. The number of halogens is 1. The normalized spacial score (nSPS) is 12.2. The van der Waals surface area contributed by atoms with Gasteiger partial charge in [0.15, 0.2) is 0 Å². The lowest BCUT2D eigenvalue weighted by Gasteiger charge is -2.27. The van der Waals surface area contributed by atoms with Crippen molar-refractivity contribution in [3.8, 4) is 0 Å². The van der Waals surface area contributed by atoms with E-state index in [4.69, 9.17) is 5.11 Å². The maximum atomic E-state index is 11.0. The highest BCUT2D eigenvalue weighted by molar-refractivity contribution is 9.10. The number of hydrogen-bond acceptors (Lipinski definition) is 2. The molecule has 0 aliphatic rings. The summed E-state index contributed by atoms with van der Waals surface area (Å²) in [5, 5.41) is 9.02. The second-order valence-corrected chi connectivity index (χ2v) is 5.17. The Kier molecular flexibility index (Phi) is 5.00. The van der Waals surface area contributed by atoms with Gasteiger partial charge >= 0.3 is 5.97 Å². The third-order valence-electron chi connectivity index (χ3n) is 2.90. The Morgan fingerprint density at radius 1 is 1.47 bits per heavy atom. The summed E-state index contributed by atoms with van der Waals surface area (Å²) in [6.07, 6.45) is 2.21. The minimum atomic E-state index is -0.899. The molecule has 0 heterocycles. The summed E-state index contributed by atoms with van der Waals surface area (Å²) in [4.78, 5) is 13.1. The smallest absolute Gasteiger partial charge is 0.335 e. The fourth-order valence-corrected chi connectivity index (χ4v) is 2.25. The number of nitrogens with zero attached hydrogens (tertiary/aromatic N) is 1. The highest BCUT2D eigenvalue weighted by Crippen LogP contribution is 2.24. The molecular weight excluding hydrogens is 282 g/mol. The lowest BCUT2D eigenvalue weighted by Crippen LogP contribution is -2.28. The van der Waals surface area contributed by atoms with Crippen LogP contribution in [0.15, 0.2) is 22.7 Å². The molecule has 0 fully saturated rings. The Morgan fingerprint density at radius 2 is 2.12 bits per heavy atom. The topological polar surface area (TPSA) is 40.5 Å². The summed E-state index contributed by atoms with van der Waals surface area (Å²) in [5.74, 6) is -0.899. The van der Waals surface area contributed by atoms with E-state index in [1.165, 1.54) is 0 Å². The summed E-state index contributed by atoms with van der Waals surface area (Å²) in [6, 6.07) is 5.66. The highest BCUT2D eigenvalue weighted by atomic mass is 79.9. The van der Waals surface area contributed by atoms with E-state index >= 15 is 0 Å². The summed E-state index contributed by atoms with van der Waals surface area (Å²) < 4.78 is 0.794. The van der Waals surface area contributed by atoms with Gasteiger partial charge in [-0.05, 0) is 31.5 Å². The molecule has 0 aliphatic carbocycles. The van der Waals surface area contributed by atoms with Crippen LogP contribution in [0.2, 0.25) is 0 Å². The van der Waals surface area contributed by atoms with Crippen molar-refractivity contribution in [2.24, 2.45) is 0 Å². The van der Waals surface area contributed by atoms with E-state index < -0.39 is 5.97 Å². The molecule has 0 aliphatic heterocycles. The Morgan fingerprint density at radius 3 is 2.65 bits per heavy atom. The first-order chi connectivity index (χ1) is 7.95. The van der Waals surface area contributed by atoms with Crippen molar-refractivity contribution >= 4 is 27.6 Å². The molecule has 3 nitrogen and oxygen atoms in total. The third kappa shape index (κ3) is 3.73. The van der Waals surface area contributed by atoms with Crippen molar-refractivity contribution in [1.29, 1.82) is 0 Å². The van der Waals surface area contributed by atoms with Gasteiger partial charge in [0.2, 0.25) is 0 Å². The first-order valence-electron chi connectivity index (χ1n) is 5.72. The number of anilines is 1. The standard InChI is InChI=1S/C13H18BrNO2/c1-4-5-9(2)15(3)12-7-10(13(16)17)6-11(14)8-12/h6-9H,4-5H2,1-3H3,(H,16,17). The minimum absolute atomic E-state index is 0.310. The molecule has 0 amide bonds. The van der Waals surface area contributed by atoms with Crippen molar-refractivity contribution in [2.75, 3.05) is 11.9 Å². The van der Waals surface area contributed by atoms with Gasteiger partial charge in [-0.15, -0.1) is 0 Å². The zero-order valence-electron chi connectivity index (χ0n) is 10.4. The molecule has 1 atom stereocenters. The van der Waals surface area contributed by atoms with E-state index in [2.05, 4.69) is 34.7 Å². The first kappa shape index (κ1) is 14.0. The predicted octanol–water partition coefficient (Wildman–Crippen LogP) is 3.77. The second kappa shape index (κ2) is 6.05. The first-order valence-corrected chi connectivity index (χ1v) is 6.51. The molecule has 1 aromatic carbocycles. The van der Waals surface area contributed by atoms with Crippen molar-refractivity contribution < 1.29 is 9.90 Å². The predicted molar refractivity (Wildman–Crippen MR) is 73.9 cm³/mol. The lowest BCUT2D eigenvalue weighted by atomic mass is 10.1. The van der Waals surface area contributed by atoms with E-state index in [0.29, 0.717) is 11.6 Å². The molecule has 1 rings (SSSR count). The number of hydrogen-bond donors (Lipinski definition) is 1. The van der Waals surface area contributed by atoms with E-state index in [-0.39, 0.29) is 0 Å². The summed E-state index contributed by atoms with van der Waals surface area (Å²) in [6.45, 7) is 4.29. The molecular formula is C13H18BrNO2. The Bertz CT molecular complexity index is 406. The Hall–Kier alpha value is -1.03. The van der Waals surface area contributed by atoms with E-state index in [1.54, 1.807) is 12.1 Å². The van der Waals surface area contributed by atoms with Gasteiger partial charge in [-0.1, -0.05) is 29.3 Å². The molecule has 0 bridgehead atoms. The van der Waals surface area contributed by atoms with Crippen LogP contribution in [0.5, 0.6) is 0 Å². The van der Waals surface area contributed by atoms with Gasteiger partial charge in [-0.3, -0.25) is 0 Å². The van der Waals surface area contributed by atoms with Crippen LogP contribution in [0.3, 0.4) is 0 Å². The molecule has 94 valence electrons.